The molecule has 1 N–H and O–H groups in total. The number of nitro benzene ring substituents is 1. The van der Waals surface area contributed by atoms with Gasteiger partial charge in [-0.2, -0.15) is 5.26 Å². The molecule has 116 valence electrons. The first-order valence-electron chi connectivity index (χ1n) is 6.68. The summed E-state index contributed by atoms with van der Waals surface area (Å²) in [5.74, 6) is 0. The first kappa shape index (κ1) is 15.0. The molecule has 0 saturated carbocycles. The van der Waals surface area contributed by atoms with Crippen molar-refractivity contribution < 1.29 is 13.3 Å². The molecule has 23 heavy (non-hydrogen) atoms. The van der Waals surface area contributed by atoms with Crippen LogP contribution in [0.5, 0.6) is 0 Å². The van der Waals surface area contributed by atoms with E-state index in [0.717, 1.165) is 0 Å². The Morgan fingerprint density at radius 2 is 1.78 bits per heavy atom. The summed E-state index contributed by atoms with van der Waals surface area (Å²) >= 11 is 0. The van der Waals surface area contributed by atoms with Gasteiger partial charge in [-0.15, -0.1) is 0 Å². The van der Waals surface area contributed by atoms with Crippen LogP contribution in [-0.4, -0.2) is 18.6 Å². The van der Waals surface area contributed by atoms with Crippen molar-refractivity contribution in [2.75, 3.05) is 5.32 Å². The van der Waals surface area contributed by atoms with Gasteiger partial charge in [0.15, 0.2) is 15.1 Å². The van der Waals surface area contributed by atoms with Gasteiger partial charge in [0.25, 0.3) is 5.69 Å². The SMILES string of the molecule is N#CC1C(c2ccc([N+](=O)[O-])cc2)Nc2ccccc2S1(=O)=O. The highest BCUT2D eigenvalue weighted by molar-refractivity contribution is 7.92. The number of nitrogens with zero attached hydrogens (tertiary/aromatic N) is 2. The molecule has 0 amide bonds. The van der Waals surface area contributed by atoms with E-state index >= 15 is 0 Å². The van der Waals surface area contributed by atoms with Crippen molar-refractivity contribution in [1.29, 1.82) is 5.26 Å². The van der Waals surface area contributed by atoms with E-state index in [2.05, 4.69) is 5.32 Å². The van der Waals surface area contributed by atoms with Gasteiger partial charge in [-0.05, 0) is 17.7 Å². The first-order valence-corrected chi connectivity index (χ1v) is 8.23. The van der Waals surface area contributed by atoms with Crippen LogP contribution in [-0.2, 0) is 9.84 Å². The topological polar surface area (TPSA) is 113 Å². The van der Waals surface area contributed by atoms with Gasteiger partial charge in [-0.1, -0.05) is 24.3 Å². The molecule has 0 aromatic heterocycles. The summed E-state index contributed by atoms with van der Waals surface area (Å²) < 4.78 is 25.2. The summed E-state index contributed by atoms with van der Waals surface area (Å²) in [4.78, 5) is 10.3. The Labute approximate surface area is 132 Å². The van der Waals surface area contributed by atoms with Crippen LogP contribution in [0.2, 0.25) is 0 Å². The molecule has 2 atom stereocenters. The molecule has 0 aliphatic carbocycles. The van der Waals surface area contributed by atoms with E-state index in [1.807, 2.05) is 6.07 Å². The van der Waals surface area contributed by atoms with Crippen molar-refractivity contribution in [2.45, 2.75) is 16.2 Å². The Hall–Kier alpha value is -2.92. The predicted octanol–water partition coefficient (Wildman–Crippen LogP) is 2.43. The molecule has 0 spiro atoms. The second-order valence-corrected chi connectivity index (χ2v) is 7.10. The Morgan fingerprint density at radius 3 is 2.39 bits per heavy atom. The molecule has 0 fully saturated rings. The third-order valence-corrected chi connectivity index (χ3v) is 5.75. The zero-order valence-electron chi connectivity index (χ0n) is 11.7. The summed E-state index contributed by atoms with van der Waals surface area (Å²) in [5.41, 5.74) is 0.823. The van der Waals surface area contributed by atoms with Gasteiger partial charge >= 0.3 is 0 Å². The number of nitriles is 1. The second kappa shape index (κ2) is 5.37. The molecule has 7 nitrogen and oxygen atoms in total. The summed E-state index contributed by atoms with van der Waals surface area (Å²) in [7, 11) is -3.81. The number of benzene rings is 2. The number of rotatable bonds is 2. The summed E-state index contributed by atoms with van der Waals surface area (Å²) in [5, 5.41) is 21.8. The maximum atomic E-state index is 12.6. The third-order valence-electron chi connectivity index (χ3n) is 3.73. The maximum Gasteiger partial charge on any atom is 0.269 e. The Balaban J connectivity index is 2.10. The van der Waals surface area contributed by atoms with Crippen LogP contribution in [0.4, 0.5) is 11.4 Å². The van der Waals surface area contributed by atoms with Crippen LogP contribution >= 0.6 is 0 Å². The Kier molecular flexibility index (Phi) is 3.50. The number of hydrogen-bond acceptors (Lipinski definition) is 6. The average Bonchev–Trinajstić information content (AvgIpc) is 2.54. The lowest BCUT2D eigenvalue weighted by Gasteiger charge is -2.30. The third kappa shape index (κ3) is 2.41. The van der Waals surface area contributed by atoms with Crippen LogP contribution in [0.3, 0.4) is 0 Å². The number of non-ortho nitro benzene ring substituents is 1. The van der Waals surface area contributed by atoms with E-state index in [1.54, 1.807) is 18.2 Å². The highest BCUT2D eigenvalue weighted by Crippen LogP contribution is 2.39. The molecule has 2 aromatic rings. The quantitative estimate of drug-likeness (QED) is 0.668. The highest BCUT2D eigenvalue weighted by Gasteiger charge is 2.41. The molecule has 1 heterocycles. The van der Waals surface area contributed by atoms with Gasteiger partial charge in [-0.3, -0.25) is 10.1 Å². The fourth-order valence-electron chi connectivity index (χ4n) is 2.60. The Bertz CT molecular complexity index is 916. The van der Waals surface area contributed by atoms with E-state index in [1.165, 1.54) is 30.3 Å². The number of nitrogens with one attached hydrogen (secondary N) is 1. The minimum atomic E-state index is -3.81. The average molecular weight is 329 g/mol. The van der Waals surface area contributed by atoms with Crippen molar-refractivity contribution in [2.24, 2.45) is 0 Å². The fraction of sp³-hybridized carbons (Fsp3) is 0.133. The van der Waals surface area contributed by atoms with Crippen molar-refractivity contribution >= 4 is 21.2 Å². The minimum absolute atomic E-state index is 0.0877. The van der Waals surface area contributed by atoms with Crippen molar-refractivity contribution in [3.63, 3.8) is 0 Å². The maximum absolute atomic E-state index is 12.6. The van der Waals surface area contributed by atoms with Gasteiger partial charge in [0.1, 0.15) is 0 Å². The van der Waals surface area contributed by atoms with Gasteiger partial charge in [0.05, 0.1) is 27.6 Å². The molecule has 8 heteroatoms. The predicted molar refractivity (Wildman–Crippen MR) is 82.5 cm³/mol. The monoisotopic (exact) mass is 329 g/mol. The Morgan fingerprint density at radius 1 is 1.13 bits per heavy atom. The molecule has 0 saturated heterocycles. The molecule has 1 aliphatic heterocycles. The van der Waals surface area contributed by atoms with Gasteiger partial charge in [0, 0.05) is 12.1 Å². The molecule has 0 radical (unpaired) electrons. The van der Waals surface area contributed by atoms with Crippen molar-refractivity contribution in [3.8, 4) is 6.07 Å². The normalized spacial score (nSPS) is 21.5. The van der Waals surface area contributed by atoms with Crippen molar-refractivity contribution in [1.82, 2.24) is 0 Å². The van der Waals surface area contributed by atoms with E-state index in [9.17, 15) is 23.8 Å². The van der Waals surface area contributed by atoms with Crippen LogP contribution in [0.1, 0.15) is 11.6 Å². The molecule has 2 unspecified atom stereocenters. The smallest absolute Gasteiger partial charge is 0.269 e. The van der Waals surface area contributed by atoms with Gasteiger partial charge < -0.3 is 5.32 Å². The number of hydrogen-bond donors (Lipinski definition) is 1. The number of nitro groups is 1. The lowest BCUT2D eigenvalue weighted by atomic mass is 10.0. The molecular weight excluding hydrogens is 318 g/mol. The van der Waals surface area contributed by atoms with Crippen LogP contribution < -0.4 is 5.32 Å². The minimum Gasteiger partial charge on any atom is -0.375 e. The first-order chi connectivity index (χ1) is 10.9. The second-order valence-electron chi connectivity index (χ2n) is 5.06. The van der Waals surface area contributed by atoms with E-state index < -0.39 is 26.1 Å². The van der Waals surface area contributed by atoms with E-state index in [0.29, 0.717) is 11.3 Å². The van der Waals surface area contributed by atoms with Crippen molar-refractivity contribution in [3.05, 3.63) is 64.2 Å². The van der Waals surface area contributed by atoms with Gasteiger partial charge in [-0.25, -0.2) is 8.42 Å². The van der Waals surface area contributed by atoms with Crippen LogP contribution in [0.25, 0.3) is 0 Å². The molecule has 2 aromatic carbocycles. The number of fused-ring (bicyclic) bond motifs is 1. The zero-order chi connectivity index (χ0) is 16.6. The zero-order valence-corrected chi connectivity index (χ0v) is 12.5. The largest absolute Gasteiger partial charge is 0.375 e. The molecular formula is C15H11N3O4S. The standard InChI is InChI=1S/C15H11N3O4S/c16-9-14-15(10-5-7-11(8-6-10)18(19)20)17-12-3-1-2-4-13(12)23(14,21)22/h1-8,14-15,17H. The number of anilines is 1. The summed E-state index contributed by atoms with van der Waals surface area (Å²) in [6.45, 7) is 0. The lowest BCUT2D eigenvalue weighted by molar-refractivity contribution is -0.384. The van der Waals surface area contributed by atoms with Gasteiger partial charge in [0.2, 0.25) is 0 Å². The highest BCUT2D eigenvalue weighted by atomic mass is 32.2. The van der Waals surface area contributed by atoms with Crippen LogP contribution in [0.15, 0.2) is 53.4 Å². The molecule has 1 aliphatic rings. The van der Waals surface area contributed by atoms with E-state index in [4.69, 9.17) is 0 Å². The lowest BCUT2D eigenvalue weighted by Crippen LogP contribution is -2.36. The van der Waals surface area contributed by atoms with Crippen LogP contribution in [0, 0.1) is 21.4 Å². The van der Waals surface area contributed by atoms with E-state index in [-0.39, 0.29) is 10.6 Å². The summed E-state index contributed by atoms with van der Waals surface area (Å²) in [6, 6.07) is 12.9. The molecule has 0 bridgehead atoms. The number of para-hydroxylation sites is 1. The summed E-state index contributed by atoms with van der Waals surface area (Å²) in [6.07, 6.45) is 0. The fourth-order valence-corrected chi connectivity index (χ4v) is 4.30. The molecule has 3 rings (SSSR count). The number of sulfone groups is 1.